The van der Waals surface area contributed by atoms with Crippen LogP contribution in [0.15, 0.2) is 5.16 Å². The molecule has 0 N–H and O–H groups in total. The first-order valence-electron chi connectivity index (χ1n) is 8.02. The van der Waals surface area contributed by atoms with E-state index in [1.54, 1.807) is 7.11 Å². The minimum atomic E-state index is 1.15. The highest BCUT2D eigenvalue weighted by Crippen LogP contribution is 2.15. The Bertz CT molecular complexity index is 195. The smallest absolute Gasteiger partial charge is 0.106 e. The summed E-state index contributed by atoms with van der Waals surface area (Å²) in [5, 5.41) is 4.19. The van der Waals surface area contributed by atoms with Gasteiger partial charge < -0.3 is 4.84 Å². The van der Waals surface area contributed by atoms with E-state index in [9.17, 15) is 0 Å². The van der Waals surface area contributed by atoms with E-state index in [4.69, 9.17) is 4.84 Å². The molecule has 0 radical (unpaired) electrons. The summed E-state index contributed by atoms with van der Waals surface area (Å²) in [5.74, 6) is 0. The zero-order valence-corrected chi connectivity index (χ0v) is 12.3. The van der Waals surface area contributed by atoms with Crippen molar-refractivity contribution in [2.24, 2.45) is 5.16 Å². The largest absolute Gasteiger partial charge is 0.399 e. The lowest BCUT2D eigenvalue weighted by atomic mass is 10.0. The fourth-order valence-corrected chi connectivity index (χ4v) is 2.77. The van der Waals surface area contributed by atoms with Crippen molar-refractivity contribution in [3.8, 4) is 0 Å². The van der Waals surface area contributed by atoms with Crippen molar-refractivity contribution in [1.29, 1.82) is 0 Å². The number of oxime groups is 1. The minimum Gasteiger partial charge on any atom is -0.399 e. The molecule has 2 nitrogen and oxygen atoms in total. The predicted molar refractivity (Wildman–Crippen MR) is 79.1 cm³/mol. The van der Waals surface area contributed by atoms with E-state index in [-0.39, 0.29) is 0 Å². The van der Waals surface area contributed by atoms with E-state index in [0.29, 0.717) is 0 Å². The van der Waals surface area contributed by atoms with Crippen LogP contribution in [0, 0.1) is 0 Å². The summed E-state index contributed by atoms with van der Waals surface area (Å²) in [7, 11) is 1.67. The molecule has 0 heterocycles. The van der Waals surface area contributed by atoms with Gasteiger partial charge in [-0.25, -0.2) is 0 Å². The summed E-state index contributed by atoms with van der Waals surface area (Å²) in [4.78, 5) is 4.96. The van der Waals surface area contributed by atoms with Gasteiger partial charge in [0.2, 0.25) is 0 Å². The first-order chi connectivity index (χ1) is 8.93. The highest BCUT2D eigenvalue weighted by molar-refractivity contribution is 5.83. The van der Waals surface area contributed by atoms with Gasteiger partial charge in [-0.2, -0.15) is 0 Å². The van der Waals surface area contributed by atoms with Crippen LogP contribution in [0.3, 0.4) is 0 Å². The van der Waals surface area contributed by atoms with Crippen LogP contribution < -0.4 is 0 Å². The molecule has 1 fully saturated rings. The van der Waals surface area contributed by atoms with Crippen molar-refractivity contribution < 1.29 is 4.84 Å². The molecule has 1 rings (SSSR count). The Morgan fingerprint density at radius 1 is 0.611 bits per heavy atom. The lowest BCUT2D eigenvalue weighted by Gasteiger charge is -2.05. The normalized spacial score (nSPS) is 21.7. The van der Waals surface area contributed by atoms with Crippen LogP contribution in [0.5, 0.6) is 0 Å². The molecule has 0 aromatic rings. The van der Waals surface area contributed by atoms with Crippen LogP contribution in [0.2, 0.25) is 0 Å². The Morgan fingerprint density at radius 2 is 0.944 bits per heavy atom. The van der Waals surface area contributed by atoms with Gasteiger partial charge in [0.1, 0.15) is 7.11 Å². The van der Waals surface area contributed by atoms with Crippen LogP contribution in [0.1, 0.15) is 89.9 Å². The molecule has 0 aromatic carbocycles. The predicted octanol–water partition coefficient (Wildman–Crippen LogP) is 5.46. The zero-order chi connectivity index (χ0) is 12.9. The van der Waals surface area contributed by atoms with Crippen LogP contribution in [-0.4, -0.2) is 12.8 Å². The molecule has 0 atom stereocenters. The molecule has 1 saturated carbocycles. The van der Waals surface area contributed by atoms with E-state index < -0.39 is 0 Å². The second-order valence-corrected chi connectivity index (χ2v) is 5.58. The second-order valence-electron chi connectivity index (χ2n) is 5.58. The Kier molecular flexibility index (Phi) is 9.97. The van der Waals surface area contributed by atoms with Crippen molar-refractivity contribution in [2.45, 2.75) is 89.9 Å². The second kappa shape index (κ2) is 11.6. The maximum absolute atomic E-state index is 4.96. The number of hydrogen-bond donors (Lipinski definition) is 0. The van der Waals surface area contributed by atoms with Crippen molar-refractivity contribution in [3.05, 3.63) is 0 Å². The third kappa shape index (κ3) is 8.54. The van der Waals surface area contributed by atoms with Gasteiger partial charge in [0.05, 0.1) is 5.71 Å². The molecule has 0 saturated heterocycles. The van der Waals surface area contributed by atoms with E-state index in [2.05, 4.69) is 5.16 Å². The van der Waals surface area contributed by atoms with Crippen molar-refractivity contribution in [2.75, 3.05) is 7.11 Å². The molecule has 0 unspecified atom stereocenters. The van der Waals surface area contributed by atoms with Gasteiger partial charge in [0.15, 0.2) is 0 Å². The summed E-state index contributed by atoms with van der Waals surface area (Å²) in [5.41, 5.74) is 1.28. The monoisotopic (exact) mass is 253 g/mol. The van der Waals surface area contributed by atoms with E-state index in [1.165, 1.54) is 82.8 Å². The first kappa shape index (κ1) is 15.5. The lowest BCUT2D eigenvalue weighted by molar-refractivity contribution is 0.211. The molecule has 0 aromatic heterocycles. The first-order valence-corrected chi connectivity index (χ1v) is 8.02. The van der Waals surface area contributed by atoms with Crippen LogP contribution in [-0.2, 0) is 4.84 Å². The van der Waals surface area contributed by atoms with E-state index in [0.717, 1.165) is 12.8 Å². The Labute approximate surface area is 113 Å². The van der Waals surface area contributed by atoms with Gasteiger partial charge in [-0.3, -0.25) is 0 Å². The van der Waals surface area contributed by atoms with Crippen molar-refractivity contribution in [3.63, 3.8) is 0 Å². The van der Waals surface area contributed by atoms with E-state index >= 15 is 0 Å². The number of rotatable bonds is 1. The van der Waals surface area contributed by atoms with Gasteiger partial charge >= 0.3 is 0 Å². The Balaban J connectivity index is 2.27. The SMILES string of the molecule is CON=C1CCCCCCCCCCCCCC1. The number of hydrogen-bond acceptors (Lipinski definition) is 2. The fraction of sp³-hybridized carbons (Fsp3) is 0.938. The van der Waals surface area contributed by atoms with Crippen LogP contribution in [0.4, 0.5) is 0 Å². The fourth-order valence-electron chi connectivity index (χ4n) is 2.77. The molecule has 1 aliphatic carbocycles. The maximum atomic E-state index is 4.96. The van der Waals surface area contributed by atoms with Gasteiger partial charge in [0, 0.05) is 0 Å². The molecule has 0 spiro atoms. The molecule has 18 heavy (non-hydrogen) atoms. The van der Waals surface area contributed by atoms with Crippen LogP contribution in [0.25, 0.3) is 0 Å². The van der Waals surface area contributed by atoms with Gasteiger partial charge in [0.25, 0.3) is 0 Å². The molecular formula is C16H31NO. The highest BCUT2D eigenvalue weighted by atomic mass is 16.6. The van der Waals surface area contributed by atoms with E-state index in [1.807, 2.05) is 0 Å². The summed E-state index contributed by atoms with van der Waals surface area (Å²) in [6.07, 6.45) is 19.1. The molecule has 2 heteroatoms. The molecule has 1 aliphatic rings. The molecule has 0 bridgehead atoms. The quantitative estimate of drug-likeness (QED) is 0.568. The Morgan fingerprint density at radius 3 is 1.28 bits per heavy atom. The average Bonchev–Trinajstić information content (AvgIpc) is 2.39. The summed E-state index contributed by atoms with van der Waals surface area (Å²) in [6.45, 7) is 0. The average molecular weight is 253 g/mol. The zero-order valence-electron chi connectivity index (χ0n) is 12.3. The standard InChI is InChI=1S/C16H31NO/c1-18-17-16-14-12-10-8-6-4-2-3-5-7-9-11-13-15-16/h2-15H2,1H3. The summed E-state index contributed by atoms with van der Waals surface area (Å²) >= 11 is 0. The van der Waals surface area contributed by atoms with Crippen molar-refractivity contribution in [1.82, 2.24) is 0 Å². The Hall–Kier alpha value is -0.530. The van der Waals surface area contributed by atoms with Crippen molar-refractivity contribution >= 4 is 5.71 Å². The molecule has 0 amide bonds. The lowest BCUT2D eigenvalue weighted by Crippen LogP contribution is -1.99. The topological polar surface area (TPSA) is 21.6 Å². The third-order valence-electron chi connectivity index (χ3n) is 3.90. The summed E-state index contributed by atoms with van der Waals surface area (Å²) in [6, 6.07) is 0. The van der Waals surface area contributed by atoms with Gasteiger partial charge in [-0.05, 0) is 25.7 Å². The molecular weight excluding hydrogens is 222 g/mol. The minimum absolute atomic E-state index is 1.15. The van der Waals surface area contributed by atoms with Gasteiger partial charge in [-0.15, -0.1) is 0 Å². The van der Waals surface area contributed by atoms with Crippen LogP contribution >= 0.6 is 0 Å². The number of nitrogens with zero attached hydrogens (tertiary/aromatic N) is 1. The molecule has 0 aliphatic heterocycles. The molecule has 106 valence electrons. The maximum Gasteiger partial charge on any atom is 0.106 e. The van der Waals surface area contributed by atoms with Gasteiger partial charge in [-0.1, -0.05) is 69.4 Å². The highest BCUT2D eigenvalue weighted by Gasteiger charge is 2.02. The summed E-state index contributed by atoms with van der Waals surface area (Å²) < 4.78 is 0. The third-order valence-corrected chi connectivity index (χ3v) is 3.90.